The Balaban J connectivity index is 1.52. The lowest BCUT2D eigenvalue weighted by molar-refractivity contribution is -0.122. The fraction of sp³-hybridized carbons (Fsp3) is 0.929. The third kappa shape index (κ3) is 1.92. The number of hydrogen-bond donors (Lipinski definition) is 1. The molecule has 2 aliphatic carbocycles. The molecule has 0 amide bonds. The van der Waals surface area contributed by atoms with Crippen LogP contribution in [0.3, 0.4) is 0 Å². The number of Topliss-reactive ketones (excluding diaryl/α,β-unsaturated/α-hetero) is 1. The molecule has 3 fully saturated rings. The third-order valence-electron chi connectivity index (χ3n) is 5.14. The highest BCUT2D eigenvalue weighted by Crippen LogP contribution is 2.59. The zero-order valence-corrected chi connectivity index (χ0v) is 10.1. The molecule has 0 aromatic carbocycles. The van der Waals surface area contributed by atoms with E-state index in [0.717, 1.165) is 25.4 Å². The maximum absolute atomic E-state index is 12.2. The fourth-order valence-electron chi connectivity index (χ4n) is 3.92. The molecule has 0 radical (unpaired) electrons. The van der Waals surface area contributed by atoms with E-state index in [-0.39, 0.29) is 0 Å². The lowest BCUT2D eigenvalue weighted by Crippen LogP contribution is -2.30. The van der Waals surface area contributed by atoms with E-state index >= 15 is 0 Å². The van der Waals surface area contributed by atoms with E-state index in [1.54, 1.807) is 0 Å². The summed E-state index contributed by atoms with van der Waals surface area (Å²) >= 11 is 0. The van der Waals surface area contributed by atoms with Crippen LogP contribution in [0.25, 0.3) is 0 Å². The van der Waals surface area contributed by atoms with E-state index in [2.05, 4.69) is 5.32 Å². The molecular weight excluding hydrogens is 198 g/mol. The Kier molecular flexibility index (Phi) is 2.78. The monoisotopic (exact) mass is 221 g/mol. The van der Waals surface area contributed by atoms with Gasteiger partial charge in [0, 0.05) is 12.3 Å². The predicted molar refractivity (Wildman–Crippen MR) is 64.2 cm³/mol. The van der Waals surface area contributed by atoms with Crippen molar-refractivity contribution in [3.05, 3.63) is 0 Å². The van der Waals surface area contributed by atoms with E-state index in [9.17, 15) is 4.79 Å². The van der Waals surface area contributed by atoms with Gasteiger partial charge < -0.3 is 5.32 Å². The van der Waals surface area contributed by atoms with Crippen molar-refractivity contribution in [2.45, 2.75) is 51.4 Å². The summed E-state index contributed by atoms with van der Waals surface area (Å²) in [5.41, 5.74) is 0.459. The first kappa shape index (κ1) is 10.8. The van der Waals surface area contributed by atoms with Gasteiger partial charge in [0.15, 0.2) is 0 Å². The quantitative estimate of drug-likeness (QED) is 0.793. The third-order valence-corrected chi connectivity index (χ3v) is 5.14. The molecule has 2 nitrogen and oxygen atoms in total. The maximum atomic E-state index is 12.2. The van der Waals surface area contributed by atoms with Crippen LogP contribution in [0.5, 0.6) is 0 Å². The number of rotatable bonds is 3. The predicted octanol–water partition coefficient (Wildman–Crippen LogP) is 2.53. The van der Waals surface area contributed by atoms with E-state index in [0.29, 0.717) is 17.1 Å². The molecule has 1 atom stereocenters. The van der Waals surface area contributed by atoms with Crippen LogP contribution < -0.4 is 5.32 Å². The minimum absolute atomic E-state index is 0.454. The second kappa shape index (κ2) is 4.14. The molecule has 1 saturated heterocycles. The summed E-state index contributed by atoms with van der Waals surface area (Å²) in [7, 11) is 0. The minimum Gasteiger partial charge on any atom is -0.317 e. The summed E-state index contributed by atoms with van der Waals surface area (Å²) in [4.78, 5) is 12.2. The van der Waals surface area contributed by atoms with Gasteiger partial charge in [-0.15, -0.1) is 0 Å². The van der Waals surface area contributed by atoms with Crippen LogP contribution in [-0.4, -0.2) is 18.9 Å². The molecular formula is C14H23NO. The van der Waals surface area contributed by atoms with Crippen LogP contribution in [-0.2, 0) is 4.79 Å². The normalized spacial score (nSPS) is 33.1. The van der Waals surface area contributed by atoms with Gasteiger partial charge in [0.05, 0.1) is 0 Å². The zero-order valence-electron chi connectivity index (χ0n) is 10.1. The average molecular weight is 221 g/mol. The number of carbonyl (C=O) groups is 1. The lowest BCUT2D eigenvalue weighted by Gasteiger charge is -2.23. The first-order valence-electron chi connectivity index (χ1n) is 7.04. The van der Waals surface area contributed by atoms with Crippen molar-refractivity contribution in [3.63, 3.8) is 0 Å². The van der Waals surface area contributed by atoms with Crippen molar-refractivity contribution in [1.29, 1.82) is 0 Å². The second-order valence-corrected chi connectivity index (χ2v) is 6.19. The van der Waals surface area contributed by atoms with Crippen LogP contribution in [0.1, 0.15) is 51.4 Å². The van der Waals surface area contributed by atoms with Gasteiger partial charge in [-0.3, -0.25) is 4.79 Å². The van der Waals surface area contributed by atoms with Crippen LogP contribution in [0.4, 0.5) is 0 Å². The van der Waals surface area contributed by atoms with E-state index in [4.69, 9.17) is 0 Å². The topological polar surface area (TPSA) is 29.1 Å². The van der Waals surface area contributed by atoms with Crippen molar-refractivity contribution in [2.75, 3.05) is 13.1 Å². The Bertz CT molecular complexity index is 274. The largest absolute Gasteiger partial charge is 0.317 e. The summed E-state index contributed by atoms with van der Waals surface area (Å²) in [5.74, 6) is 1.80. The van der Waals surface area contributed by atoms with Crippen LogP contribution >= 0.6 is 0 Å². The summed E-state index contributed by atoms with van der Waals surface area (Å²) in [5, 5.41) is 3.40. The first-order chi connectivity index (χ1) is 7.80. The van der Waals surface area contributed by atoms with Gasteiger partial charge in [0.2, 0.25) is 0 Å². The summed E-state index contributed by atoms with van der Waals surface area (Å²) in [6.07, 6.45) is 9.94. The van der Waals surface area contributed by atoms with Gasteiger partial charge in [0.25, 0.3) is 0 Å². The van der Waals surface area contributed by atoms with Gasteiger partial charge in [0.1, 0.15) is 5.78 Å². The molecule has 1 unspecified atom stereocenters. The minimum atomic E-state index is 0.454. The average Bonchev–Trinajstić information content (AvgIpc) is 2.76. The molecule has 2 heteroatoms. The lowest BCUT2D eigenvalue weighted by atomic mass is 9.88. The summed E-state index contributed by atoms with van der Waals surface area (Å²) < 4.78 is 0. The standard InChI is InChI=1S/C14H23NO/c16-13(9-11-3-1-2-4-11)12-10-14(12)5-7-15-8-6-14/h11-12,15H,1-10H2. The van der Waals surface area contributed by atoms with Gasteiger partial charge in [-0.2, -0.15) is 0 Å². The van der Waals surface area contributed by atoms with Crippen LogP contribution in [0.15, 0.2) is 0 Å². The molecule has 3 rings (SSSR count). The molecule has 1 aliphatic heterocycles. The highest BCUT2D eigenvalue weighted by atomic mass is 16.1. The number of hydrogen-bond acceptors (Lipinski definition) is 2. The van der Waals surface area contributed by atoms with Crippen molar-refractivity contribution in [2.24, 2.45) is 17.3 Å². The first-order valence-corrected chi connectivity index (χ1v) is 7.04. The van der Waals surface area contributed by atoms with E-state index in [1.165, 1.54) is 44.9 Å². The molecule has 1 N–H and O–H groups in total. The Morgan fingerprint density at radius 3 is 2.56 bits per heavy atom. The van der Waals surface area contributed by atoms with Crippen molar-refractivity contribution in [1.82, 2.24) is 5.32 Å². The summed E-state index contributed by atoms with van der Waals surface area (Å²) in [6.45, 7) is 2.26. The Labute approximate surface area is 98.2 Å². The number of carbonyl (C=O) groups excluding carboxylic acids is 1. The molecule has 1 heterocycles. The van der Waals surface area contributed by atoms with Gasteiger partial charge in [-0.1, -0.05) is 25.7 Å². The second-order valence-electron chi connectivity index (χ2n) is 6.19. The molecule has 90 valence electrons. The SMILES string of the molecule is O=C(CC1CCCC1)C1CC12CCNCC2. The zero-order chi connectivity index (χ0) is 11.0. The van der Waals surface area contributed by atoms with Gasteiger partial charge in [-0.05, 0) is 43.7 Å². The van der Waals surface area contributed by atoms with E-state index < -0.39 is 0 Å². The Morgan fingerprint density at radius 1 is 1.19 bits per heavy atom. The fourth-order valence-corrected chi connectivity index (χ4v) is 3.92. The smallest absolute Gasteiger partial charge is 0.136 e. The van der Waals surface area contributed by atoms with E-state index in [1.807, 2.05) is 0 Å². The number of nitrogens with one attached hydrogen (secondary N) is 1. The van der Waals surface area contributed by atoms with Gasteiger partial charge >= 0.3 is 0 Å². The number of ketones is 1. The van der Waals surface area contributed by atoms with Crippen molar-refractivity contribution in [3.8, 4) is 0 Å². The van der Waals surface area contributed by atoms with Crippen LogP contribution in [0, 0.1) is 17.3 Å². The maximum Gasteiger partial charge on any atom is 0.136 e. The van der Waals surface area contributed by atoms with Crippen molar-refractivity contribution >= 4 is 5.78 Å². The highest BCUT2D eigenvalue weighted by molar-refractivity contribution is 5.85. The molecule has 3 aliphatic rings. The molecule has 1 spiro atoms. The van der Waals surface area contributed by atoms with Crippen molar-refractivity contribution < 1.29 is 4.79 Å². The number of piperidine rings is 1. The highest BCUT2D eigenvalue weighted by Gasteiger charge is 2.57. The molecule has 0 bridgehead atoms. The van der Waals surface area contributed by atoms with Crippen LogP contribution in [0.2, 0.25) is 0 Å². The molecule has 0 aromatic heterocycles. The van der Waals surface area contributed by atoms with Gasteiger partial charge in [-0.25, -0.2) is 0 Å². The Hall–Kier alpha value is -0.370. The summed E-state index contributed by atoms with van der Waals surface area (Å²) in [6, 6.07) is 0. The Morgan fingerprint density at radius 2 is 1.88 bits per heavy atom. The molecule has 2 saturated carbocycles. The molecule has 16 heavy (non-hydrogen) atoms. The molecule has 0 aromatic rings.